The van der Waals surface area contributed by atoms with Crippen molar-refractivity contribution in [3.63, 3.8) is 0 Å². The van der Waals surface area contributed by atoms with Gasteiger partial charge in [-0.3, -0.25) is 4.79 Å². The molecule has 0 bridgehead atoms. The summed E-state index contributed by atoms with van der Waals surface area (Å²) in [5.41, 5.74) is 5.44. The zero-order valence-corrected chi connectivity index (χ0v) is 10.2. The molecule has 1 heterocycles. The smallest absolute Gasteiger partial charge is 0.232 e. The second-order valence-corrected chi connectivity index (χ2v) is 5.52. The fraction of sp³-hybridized carbons (Fsp3) is 0.917. The Labute approximate surface area is 97.1 Å². The minimum Gasteiger partial charge on any atom is -0.379 e. The lowest BCUT2D eigenvalue weighted by Crippen LogP contribution is -2.51. The van der Waals surface area contributed by atoms with E-state index in [2.05, 4.69) is 0 Å². The van der Waals surface area contributed by atoms with Gasteiger partial charge in [0.1, 0.15) is 0 Å². The van der Waals surface area contributed by atoms with Gasteiger partial charge in [-0.1, -0.05) is 6.42 Å². The third-order valence-electron chi connectivity index (χ3n) is 4.11. The minimum atomic E-state index is -0.515. The van der Waals surface area contributed by atoms with E-state index in [1.165, 1.54) is 19.3 Å². The normalized spacial score (nSPS) is 34.8. The van der Waals surface area contributed by atoms with Gasteiger partial charge in [0.25, 0.3) is 0 Å². The van der Waals surface area contributed by atoms with E-state index in [1.807, 2.05) is 18.9 Å². The Hall–Kier alpha value is -0.610. The third-order valence-corrected chi connectivity index (χ3v) is 4.11. The van der Waals surface area contributed by atoms with Gasteiger partial charge in [-0.2, -0.15) is 0 Å². The van der Waals surface area contributed by atoms with Crippen molar-refractivity contribution in [3.8, 4) is 0 Å². The SMILES string of the molecule is CN(CC1CCC1)C(=O)C1(C)COCC1N. The van der Waals surface area contributed by atoms with Gasteiger partial charge in [-0.05, 0) is 25.7 Å². The number of carbonyl (C=O) groups is 1. The maximum atomic E-state index is 12.3. The van der Waals surface area contributed by atoms with Gasteiger partial charge in [0, 0.05) is 19.6 Å². The zero-order valence-electron chi connectivity index (χ0n) is 10.2. The second kappa shape index (κ2) is 4.34. The Balaban J connectivity index is 1.94. The molecule has 4 nitrogen and oxygen atoms in total. The van der Waals surface area contributed by atoms with Crippen molar-refractivity contribution < 1.29 is 9.53 Å². The zero-order chi connectivity index (χ0) is 11.8. The Morgan fingerprint density at radius 3 is 2.69 bits per heavy atom. The van der Waals surface area contributed by atoms with E-state index in [0.29, 0.717) is 19.1 Å². The molecule has 2 N–H and O–H groups in total. The van der Waals surface area contributed by atoms with E-state index >= 15 is 0 Å². The van der Waals surface area contributed by atoms with Gasteiger partial charge in [0.15, 0.2) is 0 Å². The van der Waals surface area contributed by atoms with Crippen LogP contribution >= 0.6 is 0 Å². The number of hydrogen-bond acceptors (Lipinski definition) is 3. The topological polar surface area (TPSA) is 55.6 Å². The summed E-state index contributed by atoms with van der Waals surface area (Å²) in [7, 11) is 1.89. The van der Waals surface area contributed by atoms with Crippen LogP contribution in [-0.4, -0.2) is 43.7 Å². The van der Waals surface area contributed by atoms with Crippen LogP contribution in [0.1, 0.15) is 26.2 Å². The number of nitrogens with zero attached hydrogens (tertiary/aromatic N) is 1. The summed E-state index contributed by atoms with van der Waals surface area (Å²) in [6.07, 6.45) is 3.83. The number of rotatable bonds is 3. The predicted octanol–water partition coefficient (Wildman–Crippen LogP) is 0.609. The molecule has 1 saturated heterocycles. The maximum absolute atomic E-state index is 12.3. The van der Waals surface area contributed by atoms with Crippen LogP contribution in [0.15, 0.2) is 0 Å². The Kier molecular flexibility index (Phi) is 3.22. The molecule has 2 atom stereocenters. The average Bonchev–Trinajstić information content (AvgIpc) is 2.53. The van der Waals surface area contributed by atoms with Crippen molar-refractivity contribution in [2.75, 3.05) is 26.8 Å². The molecule has 0 aromatic rings. The molecule has 1 saturated carbocycles. The van der Waals surface area contributed by atoms with E-state index in [4.69, 9.17) is 10.5 Å². The Morgan fingerprint density at radius 1 is 1.56 bits per heavy atom. The fourth-order valence-corrected chi connectivity index (χ4v) is 2.49. The van der Waals surface area contributed by atoms with Gasteiger partial charge < -0.3 is 15.4 Å². The maximum Gasteiger partial charge on any atom is 0.232 e. The van der Waals surface area contributed by atoms with Crippen molar-refractivity contribution in [2.45, 2.75) is 32.2 Å². The summed E-state index contributed by atoms with van der Waals surface area (Å²) < 4.78 is 5.32. The molecular formula is C12H22N2O2. The van der Waals surface area contributed by atoms with Gasteiger partial charge in [-0.15, -0.1) is 0 Å². The van der Waals surface area contributed by atoms with Crippen LogP contribution in [-0.2, 0) is 9.53 Å². The van der Waals surface area contributed by atoms with Gasteiger partial charge in [0.05, 0.1) is 18.6 Å². The second-order valence-electron chi connectivity index (χ2n) is 5.52. The highest BCUT2D eigenvalue weighted by Gasteiger charge is 2.46. The van der Waals surface area contributed by atoms with Crippen molar-refractivity contribution in [1.82, 2.24) is 4.90 Å². The summed E-state index contributed by atoms with van der Waals surface area (Å²) >= 11 is 0. The van der Waals surface area contributed by atoms with Crippen LogP contribution in [0, 0.1) is 11.3 Å². The molecule has 0 radical (unpaired) electrons. The lowest BCUT2D eigenvalue weighted by Gasteiger charge is -2.35. The van der Waals surface area contributed by atoms with E-state index in [9.17, 15) is 4.79 Å². The van der Waals surface area contributed by atoms with E-state index in [1.54, 1.807) is 0 Å². The molecule has 4 heteroatoms. The first-order chi connectivity index (χ1) is 7.54. The highest BCUT2D eigenvalue weighted by atomic mass is 16.5. The number of carbonyl (C=O) groups excluding carboxylic acids is 1. The number of amides is 1. The fourth-order valence-electron chi connectivity index (χ4n) is 2.49. The standard InChI is InChI=1S/C12H22N2O2/c1-12(8-16-7-10(12)13)11(15)14(2)6-9-4-3-5-9/h9-10H,3-8,13H2,1-2H3. The van der Waals surface area contributed by atoms with Crippen LogP contribution < -0.4 is 5.73 Å². The highest BCUT2D eigenvalue weighted by Crippen LogP contribution is 2.31. The van der Waals surface area contributed by atoms with Crippen LogP contribution in [0.4, 0.5) is 0 Å². The number of ether oxygens (including phenoxy) is 1. The summed E-state index contributed by atoms with van der Waals surface area (Å²) in [5, 5.41) is 0. The first-order valence-corrected chi connectivity index (χ1v) is 6.13. The predicted molar refractivity (Wildman–Crippen MR) is 61.9 cm³/mol. The van der Waals surface area contributed by atoms with Gasteiger partial charge in [0.2, 0.25) is 5.91 Å². The lowest BCUT2D eigenvalue weighted by molar-refractivity contribution is -0.141. The number of hydrogen-bond donors (Lipinski definition) is 1. The summed E-state index contributed by atoms with van der Waals surface area (Å²) in [5.74, 6) is 0.848. The van der Waals surface area contributed by atoms with Crippen molar-refractivity contribution in [3.05, 3.63) is 0 Å². The average molecular weight is 226 g/mol. The molecule has 2 fully saturated rings. The molecule has 1 amide bonds. The first kappa shape index (κ1) is 11.9. The molecular weight excluding hydrogens is 204 g/mol. The van der Waals surface area contributed by atoms with Crippen LogP contribution in [0.25, 0.3) is 0 Å². The molecule has 0 aromatic heterocycles. The summed E-state index contributed by atoms with van der Waals surface area (Å²) in [4.78, 5) is 14.2. The van der Waals surface area contributed by atoms with E-state index in [0.717, 1.165) is 6.54 Å². The molecule has 2 rings (SSSR count). The third kappa shape index (κ3) is 1.96. The first-order valence-electron chi connectivity index (χ1n) is 6.13. The number of nitrogens with two attached hydrogens (primary N) is 1. The van der Waals surface area contributed by atoms with Crippen molar-refractivity contribution >= 4 is 5.91 Å². The quantitative estimate of drug-likeness (QED) is 0.767. The van der Waals surface area contributed by atoms with Gasteiger partial charge in [-0.25, -0.2) is 0 Å². The van der Waals surface area contributed by atoms with E-state index < -0.39 is 5.41 Å². The molecule has 0 aromatic carbocycles. The molecule has 16 heavy (non-hydrogen) atoms. The summed E-state index contributed by atoms with van der Waals surface area (Å²) in [6, 6.07) is -0.163. The van der Waals surface area contributed by atoms with Crippen LogP contribution in [0.2, 0.25) is 0 Å². The van der Waals surface area contributed by atoms with E-state index in [-0.39, 0.29) is 11.9 Å². The summed E-state index contributed by atoms with van der Waals surface area (Å²) in [6.45, 7) is 3.76. The van der Waals surface area contributed by atoms with Crippen molar-refractivity contribution in [1.29, 1.82) is 0 Å². The van der Waals surface area contributed by atoms with Crippen LogP contribution in [0.5, 0.6) is 0 Å². The highest BCUT2D eigenvalue weighted by molar-refractivity contribution is 5.83. The largest absolute Gasteiger partial charge is 0.379 e. The molecule has 2 unspecified atom stereocenters. The van der Waals surface area contributed by atoms with Gasteiger partial charge >= 0.3 is 0 Å². The molecule has 92 valence electrons. The lowest BCUT2D eigenvalue weighted by atomic mass is 9.82. The molecule has 2 aliphatic rings. The molecule has 1 aliphatic heterocycles. The van der Waals surface area contributed by atoms with Crippen molar-refractivity contribution in [2.24, 2.45) is 17.1 Å². The Bertz CT molecular complexity index is 278. The monoisotopic (exact) mass is 226 g/mol. The Morgan fingerprint density at radius 2 is 2.25 bits per heavy atom. The molecule has 0 spiro atoms. The molecule has 1 aliphatic carbocycles. The minimum absolute atomic E-state index is 0.143. The van der Waals surface area contributed by atoms with Crippen LogP contribution in [0.3, 0.4) is 0 Å².